The lowest BCUT2D eigenvalue weighted by Crippen LogP contribution is -2.47. The normalized spacial score (nSPS) is 12.1. The zero-order valence-corrected chi connectivity index (χ0v) is 16.1. The molecule has 1 aromatic heterocycles. The smallest absolute Gasteiger partial charge is 0.191 e. The Kier molecular flexibility index (Phi) is 7.12. The van der Waals surface area contributed by atoms with Crippen LogP contribution in [-0.2, 0) is 6.54 Å². The summed E-state index contributed by atoms with van der Waals surface area (Å²) in [4.78, 5) is 8.64. The number of imidazole rings is 1. The second-order valence-electron chi connectivity index (χ2n) is 6.15. The van der Waals surface area contributed by atoms with Gasteiger partial charge < -0.3 is 15.2 Å². The van der Waals surface area contributed by atoms with Crippen molar-refractivity contribution >= 4 is 41.0 Å². The third kappa shape index (κ3) is 5.47. The van der Waals surface area contributed by atoms with Gasteiger partial charge in [-0.3, -0.25) is 4.99 Å². The van der Waals surface area contributed by atoms with Gasteiger partial charge in [-0.25, -0.2) is 4.98 Å². The molecule has 0 saturated carbocycles. The predicted molar refractivity (Wildman–Crippen MR) is 104 cm³/mol. The number of aliphatic imine (C=N–C) groups is 1. The van der Waals surface area contributed by atoms with E-state index in [9.17, 15) is 0 Å². The zero-order valence-electron chi connectivity index (χ0n) is 13.8. The standard InChI is InChI=1S/C16H25N5.HI/c1-16(2,3)20-15(17-4)18-10-7-11-21-12-19-13-8-5-6-9-14(13)21;/h5-6,8-9,12H,7,10-11H2,1-4H3,(H2,17,18,20);1H. The first-order chi connectivity index (χ1) is 9.99. The van der Waals surface area contributed by atoms with Gasteiger partial charge in [0.2, 0.25) is 0 Å². The molecule has 0 radical (unpaired) electrons. The van der Waals surface area contributed by atoms with Crippen LogP contribution < -0.4 is 10.6 Å². The molecule has 0 aliphatic rings. The highest BCUT2D eigenvalue weighted by Gasteiger charge is 2.11. The number of rotatable bonds is 4. The first-order valence-electron chi connectivity index (χ1n) is 7.38. The summed E-state index contributed by atoms with van der Waals surface area (Å²) < 4.78 is 2.19. The minimum absolute atomic E-state index is 0. The van der Waals surface area contributed by atoms with Gasteiger partial charge in [0.1, 0.15) is 0 Å². The molecule has 2 rings (SSSR count). The van der Waals surface area contributed by atoms with Gasteiger partial charge in [0.15, 0.2) is 5.96 Å². The van der Waals surface area contributed by atoms with Crippen molar-refractivity contribution < 1.29 is 0 Å². The van der Waals surface area contributed by atoms with E-state index in [2.05, 4.69) is 52.0 Å². The number of guanidine groups is 1. The van der Waals surface area contributed by atoms with E-state index in [-0.39, 0.29) is 29.5 Å². The van der Waals surface area contributed by atoms with Gasteiger partial charge in [-0.15, -0.1) is 24.0 Å². The topological polar surface area (TPSA) is 54.2 Å². The van der Waals surface area contributed by atoms with Crippen molar-refractivity contribution in [1.29, 1.82) is 0 Å². The summed E-state index contributed by atoms with van der Waals surface area (Å²) in [6.07, 6.45) is 2.93. The number of nitrogens with zero attached hydrogens (tertiary/aromatic N) is 3. The van der Waals surface area contributed by atoms with Gasteiger partial charge in [0, 0.05) is 25.7 Å². The lowest BCUT2D eigenvalue weighted by atomic mass is 10.1. The molecule has 1 heterocycles. The summed E-state index contributed by atoms with van der Waals surface area (Å²) in [6, 6.07) is 8.21. The molecule has 0 saturated heterocycles. The number of aromatic nitrogens is 2. The Hall–Kier alpha value is -1.31. The average molecular weight is 415 g/mol. The summed E-state index contributed by atoms with van der Waals surface area (Å²) in [5, 5.41) is 6.69. The number of hydrogen-bond donors (Lipinski definition) is 2. The summed E-state index contributed by atoms with van der Waals surface area (Å²) in [5.41, 5.74) is 2.26. The molecule has 0 bridgehead atoms. The zero-order chi connectivity index (χ0) is 15.3. The van der Waals surface area contributed by atoms with Gasteiger partial charge in [0.25, 0.3) is 0 Å². The number of benzene rings is 1. The lowest BCUT2D eigenvalue weighted by molar-refractivity contribution is 0.499. The van der Waals surface area contributed by atoms with Crippen LogP contribution in [0.15, 0.2) is 35.6 Å². The molecule has 0 fully saturated rings. The maximum Gasteiger partial charge on any atom is 0.191 e. The van der Waals surface area contributed by atoms with Crippen molar-refractivity contribution in [2.45, 2.75) is 39.3 Å². The van der Waals surface area contributed by atoms with Gasteiger partial charge in [-0.05, 0) is 39.3 Å². The molecule has 0 aliphatic heterocycles. The van der Waals surface area contributed by atoms with Crippen LogP contribution in [-0.4, -0.2) is 34.6 Å². The second kappa shape index (κ2) is 8.36. The van der Waals surface area contributed by atoms with Crippen LogP contribution >= 0.6 is 24.0 Å². The number of nitrogens with one attached hydrogen (secondary N) is 2. The number of halogens is 1. The molecule has 6 heteroatoms. The second-order valence-corrected chi connectivity index (χ2v) is 6.15. The average Bonchev–Trinajstić information content (AvgIpc) is 2.84. The van der Waals surface area contributed by atoms with E-state index in [1.54, 1.807) is 7.05 Å². The molecule has 122 valence electrons. The summed E-state index contributed by atoms with van der Waals surface area (Å²) in [7, 11) is 1.80. The van der Waals surface area contributed by atoms with Crippen LogP contribution in [0.1, 0.15) is 27.2 Å². The minimum atomic E-state index is 0. The van der Waals surface area contributed by atoms with Gasteiger partial charge in [-0.2, -0.15) is 0 Å². The first kappa shape index (κ1) is 18.7. The van der Waals surface area contributed by atoms with E-state index in [4.69, 9.17) is 0 Å². The Morgan fingerprint density at radius 3 is 2.68 bits per heavy atom. The Balaban J connectivity index is 0.00000242. The highest BCUT2D eigenvalue weighted by atomic mass is 127. The molecule has 1 aromatic carbocycles. The summed E-state index contributed by atoms with van der Waals surface area (Å²) in [6.45, 7) is 8.19. The molecule has 0 amide bonds. The van der Waals surface area contributed by atoms with Crippen molar-refractivity contribution in [1.82, 2.24) is 20.2 Å². The number of aryl methyl sites for hydroxylation is 1. The van der Waals surface area contributed by atoms with E-state index in [1.165, 1.54) is 5.52 Å². The maximum atomic E-state index is 4.40. The molecular weight excluding hydrogens is 389 g/mol. The van der Waals surface area contributed by atoms with Crippen molar-refractivity contribution in [2.24, 2.45) is 4.99 Å². The fourth-order valence-corrected chi connectivity index (χ4v) is 2.18. The molecule has 0 atom stereocenters. The van der Waals surface area contributed by atoms with Crippen LogP contribution in [0.4, 0.5) is 0 Å². The SMILES string of the molecule is CN=C(NCCCn1cnc2ccccc21)NC(C)(C)C.I. The molecule has 0 spiro atoms. The van der Waals surface area contributed by atoms with E-state index >= 15 is 0 Å². The van der Waals surface area contributed by atoms with Crippen LogP contribution in [0.3, 0.4) is 0 Å². The number of hydrogen-bond acceptors (Lipinski definition) is 2. The molecule has 22 heavy (non-hydrogen) atoms. The predicted octanol–water partition coefficient (Wildman–Crippen LogP) is 3.01. The minimum Gasteiger partial charge on any atom is -0.356 e. The molecular formula is C16H26IN5. The number of fused-ring (bicyclic) bond motifs is 1. The largest absolute Gasteiger partial charge is 0.356 e. The quantitative estimate of drug-likeness (QED) is 0.350. The Morgan fingerprint density at radius 2 is 2.00 bits per heavy atom. The molecule has 2 aromatic rings. The van der Waals surface area contributed by atoms with E-state index in [0.717, 1.165) is 31.0 Å². The van der Waals surface area contributed by atoms with E-state index in [1.807, 2.05) is 24.5 Å². The fraction of sp³-hybridized carbons (Fsp3) is 0.500. The van der Waals surface area contributed by atoms with Crippen molar-refractivity contribution in [3.05, 3.63) is 30.6 Å². The summed E-state index contributed by atoms with van der Waals surface area (Å²) >= 11 is 0. The molecule has 2 N–H and O–H groups in total. The highest BCUT2D eigenvalue weighted by Crippen LogP contribution is 2.11. The van der Waals surface area contributed by atoms with Gasteiger partial charge in [-0.1, -0.05) is 12.1 Å². The Morgan fingerprint density at radius 1 is 1.27 bits per heavy atom. The summed E-state index contributed by atoms with van der Waals surface area (Å²) in [5.74, 6) is 0.845. The van der Waals surface area contributed by atoms with Crippen LogP contribution in [0, 0.1) is 0 Å². The van der Waals surface area contributed by atoms with E-state index in [0.29, 0.717) is 0 Å². The van der Waals surface area contributed by atoms with Crippen LogP contribution in [0.5, 0.6) is 0 Å². The fourth-order valence-electron chi connectivity index (χ4n) is 2.18. The third-order valence-electron chi connectivity index (χ3n) is 3.11. The van der Waals surface area contributed by atoms with Crippen molar-refractivity contribution in [3.63, 3.8) is 0 Å². The monoisotopic (exact) mass is 415 g/mol. The molecule has 5 nitrogen and oxygen atoms in total. The maximum absolute atomic E-state index is 4.40. The first-order valence-corrected chi connectivity index (χ1v) is 7.38. The van der Waals surface area contributed by atoms with Crippen molar-refractivity contribution in [2.75, 3.05) is 13.6 Å². The van der Waals surface area contributed by atoms with E-state index < -0.39 is 0 Å². The van der Waals surface area contributed by atoms with Gasteiger partial charge >= 0.3 is 0 Å². The van der Waals surface area contributed by atoms with Crippen LogP contribution in [0.25, 0.3) is 11.0 Å². The van der Waals surface area contributed by atoms with Gasteiger partial charge in [0.05, 0.1) is 17.4 Å². The lowest BCUT2D eigenvalue weighted by Gasteiger charge is -2.23. The Bertz CT molecular complexity index is 612. The number of para-hydroxylation sites is 2. The molecule has 0 unspecified atom stereocenters. The van der Waals surface area contributed by atoms with Crippen LogP contribution in [0.2, 0.25) is 0 Å². The molecule has 0 aliphatic carbocycles. The van der Waals surface area contributed by atoms with Crippen molar-refractivity contribution in [3.8, 4) is 0 Å². The highest BCUT2D eigenvalue weighted by molar-refractivity contribution is 14.0. The third-order valence-corrected chi connectivity index (χ3v) is 3.11. The Labute approximate surface area is 149 Å².